The summed E-state index contributed by atoms with van der Waals surface area (Å²) in [6.07, 6.45) is 1.70. The standard InChI is InChI=1S/C37H45N3O8/c1-24-35(3,33(41)42)32(26-7-6-8-29(23-26)40(45)46)37(34(43)44,25(2)38-24)19-22-39-20-17-36(18-21-39,27-9-13-30(47-4)14-10-27)28-11-15-31(48-5)16-12-28/h6-16,23-25,32,38H,17-22H2,1-5H3,(H,41,42)(H,43,44). The zero-order chi connectivity index (χ0) is 34.9. The predicted octanol–water partition coefficient (Wildman–Crippen LogP) is 5.71. The summed E-state index contributed by atoms with van der Waals surface area (Å²) in [4.78, 5) is 40.1. The molecule has 0 spiro atoms. The monoisotopic (exact) mass is 659 g/mol. The van der Waals surface area contributed by atoms with E-state index < -0.39 is 45.7 Å². The summed E-state index contributed by atoms with van der Waals surface area (Å²) >= 11 is 0. The van der Waals surface area contributed by atoms with Crippen molar-refractivity contribution in [1.82, 2.24) is 10.2 Å². The molecule has 0 bridgehead atoms. The number of nitro benzene ring substituents is 1. The molecule has 5 unspecified atom stereocenters. The van der Waals surface area contributed by atoms with Crippen LogP contribution in [0.25, 0.3) is 0 Å². The number of aliphatic carboxylic acids is 2. The second kappa shape index (κ2) is 13.6. The molecule has 3 aromatic carbocycles. The van der Waals surface area contributed by atoms with E-state index in [1.54, 1.807) is 41.1 Å². The van der Waals surface area contributed by atoms with Gasteiger partial charge >= 0.3 is 11.9 Å². The largest absolute Gasteiger partial charge is 0.497 e. The topological polar surface area (TPSA) is 151 Å². The van der Waals surface area contributed by atoms with Crippen LogP contribution in [0.15, 0.2) is 72.8 Å². The first-order chi connectivity index (χ1) is 22.8. The Labute approximate surface area is 281 Å². The van der Waals surface area contributed by atoms with Crippen LogP contribution < -0.4 is 14.8 Å². The van der Waals surface area contributed by atoms with Gasteiger partial charge in [0.25, 0.3) is 5.69 Å². The molecule has 2 fully saturated rings. The maximum Gasteiger partial charge on any atom is 0.311 e. The summed E-state index contributed by atoms with van der Waals surface area (Å²) in [7, 11) is 3.28. The van der Waals surface area contributed by atoms with Gasteiger partial charge in [0.2, 0.25) is 0 Å². The van der Waals surface area contributed by atoms with Crippen LogP contribution in [0.3, 0.4) is 0 Å². The van der Waals surface area contributed by atoms with E-state index in [0.29, 0.717) is 25.2 Å². The highest BCUT2D eigenvalue weighted by Crippen LogP contribution is 2.57. The molecule has 48 heavy (non-hydrogen) atoms. The number of hydrogen-bond donors (Lipinski definition) is 3. The second-order valence-corrected chi connectivity index (χ2v) is 13.5. The van der Waals surface area contributed by atoms with Crippen molar-refractivity contribution in [2.45, 2.75) is 63.5 Å². The summed E-state index contributed by atoms with van der Waals surface area (Å²) in [5, 5.41) is 36.7. The first kappa shape index (κ1) is 34.8. The molecule has 11 heteroatoms. The lowest BCUT2D eigenvalue weighted by Gasteiger charge is -2.56. The zero-order valence-electron chi connectivity index (χ0n) is 28.1. The number of carbonyl (C=O) groups is 2. The van der Waals surface area contributed by atoms with Crippen molar-refractivity contribution in [3.63, 3.8) is 0 Å². The summed E-state index contributed by atoms with van der Waals surface area (Å²) in [5.74, 6) is -1.78. The van der Waals surface area contributed by atoms with Gasteiger partial charge in [-0.2, -0.15) is 0 Å². The summed E-state index contributed by atoms with van der Waals surface area (Å²) in [5.41, 5.74) is -0.970. The fourth-order valence-electron chi connectivity index (χ4n) is 8.34. The molecule has 0 saturated carbocycles. The van der Waals surface area contributed by atoms with Gasteiger partial charge in [-0.1, -0.05) is 36.4 Å². The Morgan fingerprint density at radius 1 is 0.896 bits per heavy atom. The highest BCUT2D eigenvalue weighted by Gasteiger charge is 2.65. The van der Waals surface area contributed by atoms with E-state index >= 15 is 0 Å². The molecule has 0 aliphatic carbocycles. The maximum absolute atomic E-state index is 13.6. The highest BCUT2D eigenvalue weighted by molar-refractivity contribution is 5.84. The van der Waals surface area contributed by atoms with E-state index in [9.17, 15) is 29.9 Å². The molecular weight excluding hydrogens is 614 g/mol. The number of rotatable bonds is 11. The SMILES string of the molecule is COc1ccc(C2(c3ccc(OC)cc3)CCN(CCC3(C(=O)O)C(C)NC(C)C(C)(C(=O)O)C3c3cccc([N+](=O)[O-])c3)CC2)cc1. The molecule has 0 amide bonds. The normalized spacial score (nSPS) is 27.1. The van der Waals surface area contributed by atoms with Gasteiger partial charge < -0.3 is 29.9 Å². The van der Waals surface area contributed by atoms with Gasteiger partial charge in [0.15, 0.2) is 0 Å². The van der Waals surface area contributed by atoms with Crippen molar-refractivity contribution in [2.75, 3.05) is 33.9 Å². The molecule has 2 aliphatic heterocycles. The number of benzene rings is 3. The van der Waals surface area contributed by atoms with Crippen molar-refractivity contribution in [2.24, 2.45) is 10.8 Å². The van der Waals surface area contributed by atoms with Crippen LogP contribution in [0.2, 0.25) is 0 Å². The van der Waals surface area contributed by atoms with Crippen molar-refractivity contribution in [3.05, 3.63) is 99.6 Å². The van der Waals surface area contributed by atoms with Crippen LogP contribution in [0.1, 0.15) is 62.6 Å². The van der Waals surface area contributed by atoms with E-state index in [4.69, 9.17) is 9.47 Å². The minimum Gasteiger partial charge on any atom is -0.497 e. The lowest BCUT2D eigenvalue weighted by molar-refractivity contribution is -0.385. The third-order valence-electron chi connectivity index (χ3n) is 11.4. The van der Waals surface area contributed by atoms with Crippen LogP contribution in [0.4, 0.5) is 5.69 Å². The molecule has 256 valence electrons. The third-order valence-corrected chi connectivity index (χ3v) is 11.4. The average molecular weight is 660 g/mol. The number of likely N-dealkylation sites (tertiary alicyclic amines) is 1. The lowest BCUT2D eigenvalue weighted by Crippen LogP contribution is -2.69. The fourth-order valence-corrected chi connectivity index (χ4v) is 8.34. The zero-order valence-corrected chi connectivity index (χ0v) is 28.1. The van der Waals surface area contributed by atoms with Crippen molar-refractivity contribution in [3.8, 4) is 11.5 Å². The van der Waals surface area contributed by atoms with Crippen LogP contribution in [-0.2, 0) is 15.0 Å². The number of nitrogens with one attached hydrogen (secondary N) is 1. The summed E-state index contributed by atoms with van der Waals surface area (Å²) < 4.78 is 10.8. The number of carboxylic acids is 2. The van der Waals surface area contributed by atoms with Crippen molar-refractivity contribution >= 4 is 17.6 Å². The van der Waals surface area contributed by atoms with Crippen LogP contribution in [-0.4, -0.2) is 77.9 Å². The molecule has 3 N–H and O–H groups in total. The van der Waals surface area contributed by atoms with Gasteiger partial charge in [-0.15, -0.1) is 0 Å². The molecule has 2 heterocycles. The Morgan fingerprint density at radius 2 is 1.44 bits per heavy atom. The number of methoxy groups -OCH3 is 2. The van der Waals surface area contributed by atoms with Crippen LogP contribution in [0, 0.1) is 20.9 Å². The number of non-ortho nitro benzene ring substituents is 1. The fraction of sp³-hybridized carbons (Fsp3) is 0.459. The summed E-state index contributed by atoms with van der Waals surface area (Å²) in [6.45, 7) is 6.86. The van der Waals surface area contributed by atoms with Crippen molar-refractivity contribution in [1.29, 1.82) is 0 Å². The molecule has 5 rings (SSSR count). The van der Waals surface area contributed by atoms with E-state index in [0.717, 1.165) is 35.5 Å². The molecule has 0 radical (unpaired) electrons. The smallest absolute Gasteiger partial charge is 0.311 e. The van der Waals surface area contributed by atoms with Crippen LogP contribution in [0.5, 0.6) is 11.5 Å². The average Bonchev–Trinajstić information content (AvgIpc) is 3.09. The summed E-state index contributed by atoms with van der Waals surface area (Å²) in [6, 6.07) is 20.9. The number of ether oxygens (including phenoxy) is 2. The third kappa shape index (κ3) is 5.90. The minimum absolute atomic E-state index is 0.150. The number of nitro groups is 1. The van der Waals surface area contributed by atoms with Gasteiger partial charge in [-0.3, -0.25) is 19.7 Å². The Balaban J connectivity index is 1.48. The first-order valence-corrected chi connectivity index (χ1v) is 16.3. The molecular formula is C37H45N3O8. The predicted molar refractivity (Wildman–Crippen MR) is 181 cm³/mol. The number of nitrogens with zero attached hydrogens (tertiary/aromatic N) is 2. The Morgan fingerprint density at radius 3 is 1.90 bits per heavy atom. The Hall–Kier alpha value is -4.48. The Kier molecular flexibility index (Phi) is 9.84. The van der Waals surface area contributed by atoms with Crippen molar-refractivity contribution < 1.29 is 34.2 Å². The molecule has 0 aromatic heterocycles. The number of carboxylic acid groups (broad SMARTS) is 2. The molecule has 3 aromatic rings. The van der Waals surface area contributed by atoms with Gasteiger partial charge in [0.1, 0.15) is 11.5 Å². The van der Waals surface area contributed by atoms with E-state index in [-0.39, 0.29) is 17.5 Å². The maximum atomic E-state index is 13.6. The molecule has 5 atom stereocenters. The second-order valence-electron chi connectivity index (χ2n) is 13.5. The first-order valence-electron chi connectivity index (χ1n) is 16.3. The molecule has 11 nitrogen and oxygen atoms in total. The number of piperidine rings is 2. The van der Waals surface area contributed by atoms with E-state index in [1.165, 1.54) is 18.2 Å². The quantitative estimate of drug-likeness (QED) is 0.172. The van der Waals surface area contributed by atoms with Gasteiger partial charge in [-0.05, 0) is 101 Å². The van der Waals surface area contributed by atoms with Gasteiger partial charge in [0.05, 0.1) is 30.0 Å². The number of hydrogen-bond acceptors (Lipinski definition) is 8. The van der Waals surface area contributed by atoms with E-state index in [2.05, 4.69) is 34.5 Å². The highest BCUT2D eigenvalue weighted by atomic mass is 16.6. The minimum atomic E-state index is -1.57. The van der Waals surface area contributed by atoms with Crippen LogP contribution >= 0.6 is 0 Å². The Bertz CT molecular complexity index is 1590. The van der Waals surface area contributed by atoms with Gasteiger partial charge in [-0.25, -0.2) is 0 Å². The lowest BCUT2D eigenvalue weighted by atomic mass is 9.51. The van der Waals surface area contributed by atoms with E-state index in [1.807, 2.05) is 24.3 Å². The van der Waals surface area contributed by atoms with Gasteiger partial charge in [0, 0.05) is 35.5 Å². The molecule has 2 aliphatic rings. The molecule has 2 saturated heterocycles.